The second kappa shape index (κ2) is 8.09. The van der Waals surface area contributed by atoms with Gasteiger partial charge in [0.25, 0.3) is 0 Å². The molecular weight excluding hydrogens is 394 g/mol. The van der Waals surface area contributed by atoms with Gasteiger partial charge in [0.15, 0.2) is 0 Å². The molecule has 0 radical (unpaired) electrons. The lowest BCUT2D eigenvalue weighted by molar-refractivity contribution is -0.234. The van der Waals surface area contributed by atoms with Crippen LogP contribution in [-0.2, 0) is 38.1 Å². The largest absolute Gasteiger partial charge is 0.458 e. The predicted molar refractivity (Wildman–Crippen MR) is 102 cm³/mol. The fourth-order valence-corrected chi connectivity index (χ4v) is 5.50. The highest BCUT2D eigenvalue weighted by Gasteiger charge is 2.70. The number of fused-ring (bicyclic) bond motifs is 1. The molecule has 4 aliphatic rings. The van der Waals surface area contributed by atoms with E-state index in [1.165, 1.54) is 0 Å². The summed E-state index contributed by atoms with van der Waals surface area (Å²) in [5, 5.41) is 0. The number of nitrogens with zero attached hydrogens (tertiary/aromatic N) is 1. The average molecular weight is 425 g/mol. The summed E-state index contributed by atoms with van der Waals surface area (Å²) in [5.41, 5.74) is 0. The first kappa shape index (κ1) is 21.5. The van der Waals surface area contributed by atoms with Crippen molar-refractivity contribution in [2.75, 3.05) is 32.8 Å². The van der Waals surface area contributed by atoms with Gasteiger partial charge in [0, 0.05) is 38.8 Å². The highest BCUT2D eigenvalue weighted by molar-refractivity contribution is 5.86. The topological polar surface area (TPSA) is 101 Å². The smallest absolute Gasteiger partial charge is 0.320 e. The summed E-state index contributed by atoms with van der Waals surface area (Å²) in [6, 6.07) is 0. The van der Waals surface area contributed by atoms with Crippen molar-refractivity contribution in [1.82, 2.24) is 4.90 Å². The zero-order chi connectivity index (χ0) is 21.6. The Morgan fingerprint density at radius 3 is 2.57 bits per heavy atom. The van der Waals surface area contributed by atoms with Gasteiger partial charge >= 0.3 is 17.9 Å². The van der Waals surface area contributed by atoms with Crippen LogP contribution in [0.5, 0.6) is 0 Å². The second-order valence-electron chi connectivity index (χ2n) is 9.35. The van der Waals surface area contributed by atoms with Gasteiger partial charge in [-0.1, -0.05) is 0 Å². The summed E-state index contributed by atoms with van der Waals surface area (Å²) in [4.78, 5) is 40.0. The number of carbonyl (C=O) groups excluding carboxylic acids is 3. The Labute approximate surface area is 176 Å². The minimum absolute atomic E-state index is 0.115. The van der Waals surface area contributed by atoms with Gasteiger partial charge < -0.3 is 23.7 Å². The van der Waals surface area contributed by atoms with E-state index >= 15 is 0 Å². The van der Waals surface area contributed by atoms with Crippen LogP contribution in [0.1, 0.15) is 34.1 Å². The molecule has 2 aliphatic carbocycles. The Balaban J connectivity index is 1.44. The van der Waals surface area contributed by atoms with E-state index in [2.05, 4.69) is 0 Å². The van der Waals surface area contributed by atoms with Crippen molar-refractivity contribution >= 4 is 17.9 Å². The van der Waals surface area contributed by atoms with Gasteiger partial charge in [-0.15, -0.1) is 0 Å². The first-order valence-electron chi connectivity index (χ1n) is 10.8. The molecule has 0 spiro atoms. The summed E-state index contributed by atoms with van der Waals surface area (Å²) in [6.07, 6.45) is -0.590. The van der Waals surface area contributed by atoms with Crippen molar-refractivity contribution in [2.45, 2.75) is 58.2 Å². The lowest BCUT2D eigenvalue weighted by Crippen LogP contribution is -2.47. The van der Waals surface area contributed by atoms with E-state index in [0.29, 0.717) is 32.7 Å². The van der Waals surface area contributed by atoms with Gasteiger partial charge in [-0.05, 0) is 20.3 Å². The van der Waals surface area contributed by atoms with Crippen molar-refractivity contribution < 1.29 is 38.1 Å². The molecule has 6 unspecified atom stereocenters. The van der Waals surface area contributed by atoms with E-state index in [-0.39, 0.29) is 30.5 Å². The lowest BCUT2D eigenvalue weighted by atomic mass is 9.78. The van der Waals surface area contributed by atoms with E-state index in [4.69, 9.17) is 23.7 Å². The number of esters is 3. The van der Waals surface area contributed by atoms with Crippen LogP contribution in [-0.4, -0.2) is 79.8 Å². The number of morpholine rings is 1. The molecule has 2 saturated carbocycles. The van der Waals surface area contributed by atoms with E-state index in [1.54, 1.807) is 13.8 Å². The number of carbonyl (C=O) groups is 3. The van der Waals surface area contributed by atoms with Crippen LogP contribution >= 0.6 is 0 Å². The summed E-state index contributed by atoms with van der Waals surface area (Å²) in [5.74, 6) is -3.99. The molecule has 9 nitrogen and oxygen atoms in total. The Kier molecular flexibility index (Phi) is 5.80. The quantitative estimate of drug-likeness (QED) is 0.332. The molecule has 9 heteroatoms. The van der Waals surface area contributed by atoms with Crippen LogP contribution in [0.25, 0.3) is 0 Å². The van der Waals surface area contributed by atoms with Crippen molar-refractivity contribution in [3.63, 3.8) is 0 Å². The third-order valence-electron chi connectivity index (χ3n) is 6.41. The van der Waals surface area contributed by atoms with Crippen LogP contribution in [0.4, 0.5) is 0 Å². The van der Waals surface area contributed by atoms with E-state index in [0.717, 1.165) is 0 Å². The Bertz CT molecular complexity index is 701. The molecule has 2 aliphatic heterocycles. The third kappa shape index (κ3) is 4.07. The summed E-state index contributed by atoms with van der Waals surface area (Å²) in [7, 11) is 0. The number of hydrogen-bond acceptors (Lipinski definition) is 9. The van der Waals surface area contributed by atoms with Gasteiger partial charge in [0.05, 0.1) is 37.7 Å². The van der Waals surface area contributed by atoms with E-state index in [9.17, 15) is 14.4 Å². The van der Waals surface area contributed by atoms with Gasteiger partial charge in [0.2, 0.25) is 5.79 Å². The lowest BCUT2D eigenvalue weighted by Gasteiger charge is -2.34. The molecule has 0 N–H and O–H groups in total. The van der Waals surface area contributed by atoms with Crippen LogP contribution in [0.15, 0.2) is 0 Å². The molecule has 0 aromatic heterocycles. The summed E-state index contributed by atoms with van der Waals surface area (Å²) < 4.78 is 27.9. The molecule has 2 heterocycles. The molecule has 4 rings (SSSR count). The van der Waals surface area contributed by atoms with Crippen LogP contribution in [0, 0.1) is 23.7 Å². The monoisotopic (exact) mass is 425 g/mol. The zero-order valence-electron chi connectivity index (χ0n) is 18.0. The molecule has 30 heavy (non-hydrogen) atoms. The average Bonchev–Trinajstić information content (AvgIpc) is 3.24. The predicted octanol–water partition coefficient (Wildman–Crippen LogP) is 0.742. The maximum atomic E-state index is 13.0. The van der Waals surface area contributed by atoms with Crippen molar-refractivity contribution in [3.05, 3.63) is 0 Å². The molecule has 4 fully saturated rings. The second-order valence-corrected chi connectivity index (χ2v) is 9.35. The van der Waals surface area contributed by atoms with Crippen molar-refractivity contribution in [2.24, 2.45) is 23.7 Å². The van der Waals surface area contributed by atoms with E-state index < -0.39 is 41.8 Å². The highest BCUT2D eigenvalue weighted by Crippen LogP contribution is 2.59. The van der Waals surface area contributed by atoms with Gasteiger partial charge in [-0.3, -0.25) is 19.3 Å². The van der Waals surface area contributed by atoms with Crippen LogP contribution < -0.4 is 0 Å². The Morgan fingerprint density at radius 2 is 1.90 bits per heavy atom. The fourth-order valence-electron chi connectivity index (χ4n) is 5.50. The fraction of sp³-hybridized carbons (Fsp3) is 0.857. The number of rotatable bonds is 7. The molecule has 0 aromatic rings. The Morgan fingerprint density at radius 1 is 1.20 bits per heavy atom. The van der Waals surface area contributed by atoms with Crippen molar-refractivity contribution in [3.8, 4) is 0 Å². The highest BCUT2D eigenvalue weighted by atomic mass is 16.7. The van der Waals surface area contributed by atoms with Crippen LogP contribution in [0.2, 0.25) is 0 Å². The maximum Gasteiger partial charge on any atom is 0.320 e. The van der Waals surface area contributed by atoms with Gasteiger partial charge in [-0.2, -0.15) is 0 Å². The van der Waals surface area contributed by atoms with E-state index in [1.807, 2.05) is 18.7 Å². The molecular formula is C21H31NO8. The molecule has 2 saturated heterocycles. The van der Waals surface area contributed by atoms with Crippen LogP contribution in [0.3, 0.4) is 0 Å². The third-order valence-corrected chi connectivity index (χ3v) is 6.41. The SMILES string of the molecule is CC(C)OC(C)(C)OC(=O)C1C2CC3C(OC(=O)C31)C2OC(=O)CN1CCOCC1. The maximum absolute atomic E-state index is 13.0. The van der Waals surface area contributed by atoms with Gasteiger partial charge in [-0.25, -0.2) is 0 Å². The molecule has 0 amide bonds. The molecule has 0 aromatic carbocycles. The first-order chi connectivity index (χ1) is 14.2. The number of ether oxygens (including phenoxy) is 5. The van der Waals surface area contributed by atoms with Gasteiger partial charge in [0.1, 0.15) is 12.2 Å². The molecule has 2 bridgehead atoms. The minimum Gasteiger partial charge on any atom is -0.458 e. The standard InChI is InChI=1S/C21H31NO8/c1-11(2)29-21(3,4)30-20(25)16-13-9-12-15(16)19(24)28-18(12)17(13)27-14(23)10-22-5-7-26-8-6-22/h11-13,15-18H,5-10H2,1-4H3. The first-order valence-corrected chi connectivity index (χ1v) is 10.8. The summed E-state index contributed by atoms with van der Waals surface area (Å²) >= 11 is 0. The Hall–Kier alpha value is -1.71. The minimum atomic E-state index is -1.11. The molecule has 6 atom stereocenters. The zero-order valence-corrected chi connectivity index (χ0v) is 18.0. The summed E-state index contributed by atoms with van der Waals surface area (Å²) in [6.45, 7) is 9.74. The van der Waals surface area contributed by atoms with Crippen molar-refractivity contribution in [1.29, 1.82) is 0 Å². The molecule has 168 valence electrons. The normalized spacial score (nSPS) is 35.6. The number of hydrogen-bond donors (Lipinski definition) is 0.